The van der Waals surface area contributed by atoms with E-state index in [0.29, 0.717) is 5.92 Å². The molecule has 2 heterocycles. The molecule has 1 aromatic heterocycles. The van der Waals surface area contributed by atoms with E-state index in [0.717, 1.165) is 11.3 Å². The van der Waals surface area contributed by atoms with E-state index in [4.69, 9.17) is 0 Å². The fraction of sp³-hybridized carbons (Fsp3) is 0.400. The topological polar surface area (TPSA) is 54.0 Å². The first-order valence-electron chi connectivity index (χ1n) is 8.89. The van der Waals surface area contributed by atoms with Crippen LogP contribution in [0, 0.1) is 0 Å². The summed E-state index contributed by atoms with van der Waals surface area (Å²) < 4.78 is 13.4. The summed E-state index contributed by atoms with van der Waals surface area (Å²) in [6.07, 6.45) is 3.65. The fourth-order valence-electron chi connectivity index (χ4n) is 3.35. The molecule has 4 rings (SSSR count). The Morgan fingerprint density at radius 1 is 1.19 bits per heavy atom. The van der Waals surface area contributed by atoms with Gasteiger partial charge in [0, 0.05) is 19.2 Å². The van der Waals surface area contributed by atoms with Gasteiger partial charge in [0.15, 0.2) is 0 Å². The third-order valence-electron chi connectivity index (χ3n) is 4.97. The largest absolute Gasteiger partial charge is 0.342 e. The second kappa shape index (κ2) is 8.14. The van der Waals surface area contributed by atoms with Gasteiger partial charge in [-0.2, -0.15) is 0 Å². The van der Waals surface area contributed by atoms with Crippen LogP contribution in [0.2, 0.25) is 0 Å². The van der Waals surface area contributed by atoms with Crippen LogP contribution in [0.25, 0.3) is 0 Å². The van der Waals surface area contributed by atoms with Crippen LogP contribution in [0.5, 0.6) is 0 Å². The van der Waals surface area contributed by atoms with Crippen molar-refractivity contribution in [1.82, 2.24) is 15.6 Å². The molecule has 0 spiro atoms. The minimum Gasteiger partial charge on any atom is -0.342 e. The third kappa shape index (κ3) is 4.22. The third-order valence-corrected chi connectivity index (χ3v) is 4.97. The Kier molecular flexibility index (Phi) is 5.89. The van der Waals surface area contributed by atoms with E-state index in [2.05, 4.69) is 21.7 Å². The van der Waals surface area contributed by atoms with Crippen molar-refractivity contribution in [3.63, 3.8) is 0 Å². The summed E-state index contributed by atoms with van der Waals surface area (Å²) >= 11 is 0. The number of aromatic nitrogens is 1. The standard InChI is InChI=1S/C20H22FN3O.ClH/c21-16-10-18(23-12-16)20(25)24-19(14-4-2-1-3-5-14)17-9-8-15(11-22-17)13-6-7-13;/h1-5,8-9,11,13,16,18-19,23H,6-7,10,12H2,(H,24,25);1H/t16-,18+,19?;/m1./s1. The van der Waals surface area contributed by atoms with Crippen LogP contribution >= 0.6 is 12.4 Å². The summed E-state index contributed by atoms with van der Waals surface area (Å²) in [6.45, 7) is 0.239. The van der Waals surface area contributed by atoms with E-state index >= 15 is 0 Å². The van der Waals surface area contributed by atoms with Gasteiger partial charge in [0.1, 0.15) is 6.17 Å². The van der Waals surface area contributed by atoms with Gasteiger partial charge in [-0.1, -0.05) is 36.4 Å². The van der Waals surface area contributed by atoms with Gasteiger partial charge in [-0.15, -0.1) is 12.4 Å². The molecule has 4 nitrogen and oxygen atoms in total. The first-order valence-corrected chi connectivity index (χ1v) is 8.89. The summed E-state index contributed by atoms with van der Waals surface area (Å²) in [6, 6.07) is 13.1. The van der Waals surface area contributed by atoms with Gasteiger partial charge in [-0.3, -0.25) is 9.78 Å². The molecule has 6 heteroatoms. The zero-order chi connectivity index (χ0) is 17.2. The van der Waals surface area contributed by atoms with Crippen LogP contribution in [0.15, 0.2) is 48.7 Å². The van der Waals surface area contributed by atoms with Crippen LogP contribution in [0.1, 0.15) is 48.0 Å². The molecular weight excluding hydrogens is 353 g/mol. The van der Waals surface area contributed by atoms with E-state index in [1.165, 1.54) is 18.4 Å². The number of benzene rings is 1. The molecule has 1 amide bonds. The van der Waals surface area contributed by atoms with E-state index in [1.54, 1.807) is 0 Å². The highest BCUT2D eigenvalue weighted by Crippen LogP contribution is 2.39. The van der Waals surface area contributed by atoms with Gasteiger partial charge in [0.2, 0.25) is 5.91 Å². The molecule has 1 saturated carbocycles. The van der Waals surface area contributed by atoms with E-state index in [9.17, 15) is 9.18 Å². The molecule has 138 valence electrons. The van der Waals surface area contributed by atoms with Crippen molar-refractivity contribution < 1.29 is 9.18 Å². The second-order valence-electron chi connectivity index (χ2n) is 6.94. The monoisotopic (exact) mass is 375 g/mol. The van der Waals surface area contributed by atoms with Crippen molar-refractivity contribution in [3.8, 4) is 0 Å². The van der Waals surface area contributed by atoms with Gasteiger partial charge in [-0.05, 0) is 36.0 Å². The maximum atomic E-state index is 13.4. The number of hydrogen-bond acceptors (Lipinski definition) is 3. The maximum absolute atomic E-state index is 13.4. The molecular formula is C20H23ClFN3O. The molecule has 26 heavy (non-hydrogen) atoms. The Bertz CT molecular complexity index is 736. The zero-order valence-electron chi connectivity index (χ0n) is 14.4. The summed E-state index contributed by atoms with van der Waals surface area (Å²) in [5.74, 6) is 0.470. The number of nitrogens with zero attached hydrogens (tertiary/aromatic N) is 1. The second-order valence-corrected chi connectivity index (χ2v) is 6.94. The van der Waals surface area contributed by atoms with Crippen molar-refractivity contribution in [2.24, 2.45) is 0 Å². The number of alkyl halides is 1. The molecule has 2 fully saturated rings. The summed E-state index contributed by atoms with van der Waals surface area (Å²) in [4.78, 5) is 17.2. The van der Waals surface area contributed by atoms with E-state index < -0.39 is 12.2 Å². The lowest BCUT2D eigenvalue weighted by Crippen LogP contribution is -2.42. The van der Waals surface area contributed by atoms with Crippen molar-refractivity contribution in [1.29, 1.82) is 0 Å². The quantitative estimate of drug-likeness (QED) is 0.843. The zero-order valence-corrected chi connectivity index (χ0v) is 15.2. The normalized spacial score (nSPS) is 23.1. The van der Waals surface area contributed by atoms with Gasteiger partial charge >= 0.3 is 0 Å². The summed E-state index contributed by atoms with van der Waals surface area (Å²) in [5.41, 5.74) is 3.04. The highest BCUT2D eigenvalue weighted by molar-refractivity contribution is 5.85. The lowest BCUT2D eigenvalue weighted by Gasteiger charge is -2.21. The molecule has 1 unspecified atom stereocenters. The Morgan fingerprint density at radius 2 is 1.96 bits per heavy atom. The van der Waals surface area contributed by atoms with Crippen LogP contribution in [0.4, 0.5) is 4.39 Å². The summed E-state index contributed by atoms with van der Waals surface area (Å²) in [5, 5.41) is 5.99. The Morgan fingerprint density at radius 3 is 2.54 bits per heavy atom. The number of pyridine rings is 1. The van der Waals surface area contributed by atoms with Crippen molar-refractivity contribution in [2.45, 2.75) is 43.4 Å². The lowest BCUT2D eigenvalue weighted by molar-refractivity contribution is -0.123. The summed E-state index contributed by atoms with van der Waals surface area (Å²) in [7, 11) is 0. The van der Waals surface area contributed by atoms with Crippen molar-refractivity contribution in [2.75, 3.05) is 6.54 Å². The minimum atomic E-state index is -0.957. The predicted molar refractivity (Wildman–Crippen MR) is 101 cm³/mol. The molecule has 1 aromatic carbocycles. The molecule has 1 aliphatic heterocycles. The predicted octanol–water partition coefficient (Wildman–Crippen LogP) is 3.29. The molecule has 2 aliphatic rings. The van der Waals surface area contributed by atoms with E-state index in [-0.39, 0.29) is 37.3 Å². The van der Waals surface area contributed by atoms with Crippen molar-refractivity contribution >= 4 is 18.3 Å². The number of halogens is 2. The maximum Gasteiger partial charge on any atom is 0.238 e. The number of nitrogens with one attached hydrogen (secondary N) is 2. The molecule has 0 bridgehead atoms. The molecule has 1 aliphatic carbocycles. The average Bonchev–Trinajstić information content (AvgIpc) is 3.41. The number of amides is 1. The van der Waals surface area contributed by atoms with Crippen LogP contribution in [0.3, 0.4) is 0 Å². The number of hydrogen-bond donors (Lipinski definition) is 2. The van der Waals surface area contributed by atoms with Crippen LogP contribution in [-0.4, -0.2) is 29.6 Å². The molecule has 1 saturated heterocycles. The van der Waals surface area contributed by atoms with Gasteiger partial charge in [-0.25, -0.2) is 4.39 Å². The highest BCUT2D eigenvalue weighted by Gasteiger charge is 2.31. The van der Waals surface area contributed by atoms with Gasteiger partial charge in [0.05, 0.1) is 17.8 Å². The fourth-order valence-corrected chi connectivity index (χ4v) is 3.35. The lowest BCUT2D eigenvalue weighted by atomic mass is 10.0. The first kappa shape index (κ1) is 18.8. The number of carbonyl (C=O) groups excluding carboxylic acids is 1. The number of rotatable bonds is 5. The Labute approximate surface area is 159 Å². The molecule has 3 atom stereocenters. The minimum absolute atomic E-state index is 0. The van der Waals surface area contributed by atoms with Crippen LogP contribution in [-0.2, 0) is 4.79 Å². The highest BCUT2D eigenvalue weighted by atomic mass is 35.5. The first-order chi connectivity index (χ1) is 12.2. The SMILES string of the molecule is Cl.O=C(NC(c1ccccc1)c1ccc(C2CC2)cn1)[C@@H]1C[C@@H](F)CN1. The van der Waals surface area contributed by atoms with Gasteiger partial charge < -0.3 is 10.6 Å². The molecule has 2 aromatic rings. The van der Waals surface area contributed by atoms with Crippen molar-refractivity contribution in [3.05, 3.63) is 65.5 Å². The Balaban J connectivity index is 0.00000196. The van der Waals surface area contributed by atoms with E-state index in [1.807, 2.05) is 42.6 Å². The smallest absolute Gasteiger partial charge is 0.238 e. The molecule has 0 radical (unpaired) electrons. The Hall–Kier alpha value is -1.98. The van der Waals surface area contributed by atoms with Crippen LogP contribution < -0.4 is 10.6 Å². The van der Waals surface area contributed by atoms with Gasteiger partial charge in [0.25, 0.3) is 0 Å². The molecule has 2 N–H and O–H groups in total. The average molecular weight is 376 g/mol. The number of carbonyl (C=O) groups is 1.